The summed E-state index contributed by atoms with van der Waals surface area (Å²) in [6, 6.07) is 0. The van der Waals surface area contributed by atoms with Gasteiger partial charge in [0.25, 0.3) is 0 Å². The van der Waals surface area contributed by atoms with Gasteiger partial charge in [0.1, 0.15) is 0 Å². The molecule has 2 heteroatoms. The third-order valence-electron chi connectivity index (χ3n) is 0.134. The predicted molar refractivity (Wildman–Crippen MR) is 19.5 cm³/mol. The molecule has 0 aliphatic carbocycles. The monoisotopic (exact) mass is 79.0 g/mol. The normalized spacial score (nSPS) is 7.50. The van der Waals surface area contributed by atoms with Crippen LogP contribution in [0.15, 0.2) is 0 Å². The fourth-order valence-electron chi connectivity index (χ4n) is 0. The zero-order valence-corrected chi connectivity index (χ0v) is 3.34. The summed E-state index contributed by atoms with van der Waals surface area (Å²) in [5, 5.41) is 0. The van der Waals surface area contributed by atoms with Crippen LogP contribution in [0.3, 0.4) is 0 Å². The Morgan fingerprint density at radius 1 is 2.00 bits per heavy atom. The van der Waals surface area contributed by atoms with E-state index in [9.17, 15) is 0 Å². The maximum absolute atomic E-state index is 4.94. The van der Waals surface area contributed by atoms with E-state index in [1.807, 2.05) is 6.92 Å². The summed E-state index contributed by atoms with van der Waals surface area (Å²) >= 11 is 4.94. The van der Waals surface area contributed by atoms with Crippen molar-refractivity contribution in [3.63, 3.8) is 0 Å². The summed E-state index contributed by atoms with van der Waals surface area (Å²) in [6.07, 6.45) is 0. The molecule has 0 atom stereocenters. The summed E-state index contributed by atoms with van der Waals surface area (Å²) in [7, 11) is 0. The number of halogens is 1. The fraction of sp³-hybridized carbons (Fsp3) is 1.00. The molecular formula is C2H6ClN. The summed E-state index contributed by atoms with van der Waals surface area (Å²) < 4.78 is 0. The van der Waals surface area contributed by atoms with Crippen LogP contribution < -0.4 is 4.84 Å². The van der Waals surface area contributed by atoms with Crippen LogP contribution in [-0.2, 0) is 0 Å². The van der Waals surface area contributed by atoms with Crippen LogP contribution in [0.25, 0.3) is 0 Å². The van der Waals surface area contributed by atoms with Crippen LogP contribution in [0.2, 0.25) is 0 Å². The summed E-state index contributed by atoms with van der Waals surface area (Å²) in [5.41, 5.74) is 0. The zero-order chi connectivity index (χ0) is 3.41. The minimum atomic E-state index is 0.835. The van der Waals surface area contributed by atoms with E-state index in [4.69, 9.17) is 11.8 Å². The number of hydrogen-bond donors (Lipinski definition) is 1. The first-order valence-corrected chi connectivity index (χ1v) is 1.63. The lowest BCUT2D eigenvalue weighted by molar-refractivity contribution is 1.02. The van der Waals surface area contributed by atoms with Gasteiger partial charge in [-0.05, 0) is 11.8 Å². The van der Waals surface area contributed by atoms with E-state index in [1.54, 1.807) is 0 Å². The fourth-order valence-corrected chi connectivity index (χ4v) is 0. The van der Waals surface area contributed by atoms with Crippen molar-refractivity contribution in [2.75, 3.05) is 6.54 Å². The molecule has 1 nitrogen and oxygen atoms in total. The van der Waals surface area contributed by atoms with Gasteiger partial charge in [0, 0.05) is 6.54 Å². The van der Waals surface area contributed by atoms with Crippen molar-refractivity contribution >= 4 is 11.8 Å². The maximum Gasteiger partial charge on any atom is 0.00793 e. The SMILES string of the molecule is CCNCl. The molecule has 1 N–H and O–H groups in total. The molecule has 0 aliphatic rings. The first-order chi connectivity index (χ1) is 1.91. The van der Waals surface area contributed by atoms with E-state index < -0.39 is 0 Å². The van der Waals surface area contributed by atoms with Gasteiger partial charge in [0.15, 0.2) is 0 Å². The first-order valence-electron chi connectivity index (χ1n) is 1.25. The molecule has 0 aromatic carbocycles. The van der Waals surface area contributed by atoms with Crippen LogP contribution in [0, 0.1) is 0 Å². The number of rotatable bonds is 1. The van der Waals surface area contributed by atoms with Crippen LogP contribution in [0.4, 0.5) is 0 Å². The molecule has 0 aromatic heterocycles. The molecule has 0 saturated heterocycles. The van der Waals surface area contributed by atoms with Gasteiger partial charge in [-0.1, -0.05) is 6.92 Å². The molecular weight excluding hydrogens is 73.5 g/mol. The maximum atomic E-state index is 4.94. The third kappa shape index (κ3) is 2.25. The first kappa shape index (κ1) is 4.25. The van der Waals surface area contributed by atoms with Crippen molar-refractivity contribution in [2.45, 2.75) is 6.92 Å². The van der Waals surface area contributed by atoms with Crippen molar-refractivity contribution < 1.29 is 0 Å². The van der Waals surface area contributed by atoms with Crippen LogP contribution in [0.5, 0.6) is 0 Å². The summed E-state index contributed by atoms with van der Waals surface area (Å²) in [6.45, 7) is 2.77. The second kappa shape index (κ2) is 3.25. The topological polar surface area (TPSA) is 12.0 Å². The highest BCUT2D eigenvalue weighted by Gasteiger charge is 1.53. The average Bonchev–Trinajstić information content (AvgIpc) is 1.37. The molecule has 0 spiro atoms. The van der Waals surface area contributed by atoms with Gasteiger partial charge in [-0.15, -0.1) is 0 Å². The Balaban J connectivity index is 1.97. The van der Waals surface area contributed by atoms with E-state index >= 15 is 0 Å². The molecule has 26 valence electrons. The van der Waals surface area contributed by atoms with Gasteiger partial charge < -0.3 is 0 Å². The van der Waals surface area contributed by atoms with Gasteiger partial charge in [-0.3, -0.25) is 0 Å². The highest BCUT2D eigenvalue weighted by molar-refractivity contribution is 6.13. The zero-order valence-electron chi connectivity index (χ0n) is 2.59. The Kier molecular flexibility index (Phi) is 3.45. The second-order valence-electron chi connectivity index (χ2n) is 0.487. The quantitative estimate of drug-likeness (QED) is 0.458. The minimum absolute atomic E-state index is 0.835. The van der Waals surface area contributed by atoms with Gasteiger partial charge in [-0.2, -0.15) is 0 Å². The number of hydrogen-bond acceptors (Lipinski definition) is 1. The lowest BCUT2D eigenvalue weighted by atomic mass is 10.8. The van der Waals surface area contributed by atoms with E-state index in [-0.39, 0.29) is 0 Å². The van der Waals surface area contributed by atoms with Crippen molar-refractivity contribution in [1.82, 2.24) is 4.84 Å². The van der Waals surface area contributed by atoms with E-state index in [2.05, 4.69) is 4.84 Å². The highest BCUT2D eigenvalue weighted by atomic mass is 35.5. The molecule has 4 heavy (non-hydrogen) atoms. The highest BCUT2D eigenvalue weighted by Crippen LogP contribution is 1.52. The van der Waals surface area contributed by atoms with Crippen molar-refractivity contribution in [1.29, 1.82) is 0 Å². The molecule has 0 saturated carbocycles. The lowest BCUT2D eigenvalue weighted by Gasteiger charge is -1.72. The van der Waals surface area contributed by atoms with Gasteiger partial charge in [0.2, 0.25) is 0 Å². The van der Waals surface area contributed by atoms with Crippen molar-refractivity contribution in [3.05, 3.63) is 0 Å². The molecule has 0 aliphatic heterocycles. The standard InChI is InChI=1S/C2H6ClN/c1-2-4-3/h4H,2H2,1H3. The molecule has 0 aromatic rings. The van der Waals surface area contributed by atoms with Crippen LogP contribution in [-0.4, -0.2) is 6.54 Å². The van der Waals surface area contributed by atoms with Gasteiger partial charge in [0.05, 0.1) is 0 Å². The summed E-state index contributed by atoms with van der Waals surface area (Å²) in [5.74, 6) is 0. The molecule has 0 fully saturated rings. The molecule has 0 amide bonds. The van der Waals surface area contributed by atoms with Crippen molar-refractivity contribution in [2.24, 2.45) is 0 Å². The second-order valence-corrected chi connectivity index (χ2v) is 0.754. The molecule has 0 heterocycles. The van der Waals surface area contributed by atoms with Crippen LogP contribution >= 0.6 is 11.8 Å². The largest absolute Gasteiger partial charge is 0.234 e. The molecule has 0 unspecified atom stereocenters. The Hall–Kier alpha value is 0.250. The summed E-state index contributed by atoms with van der Waals surface area (Å²) in [4.78, 5) is 2.40. The minimum Gasteiger partial charge on any atom is -0.234 e. The number of nitrogens with one attached hydrogen (secondary N) is 1. The predicted octanol–water partition coefficient (Wildman–Crippen LogP) is 0.750. The Labute approximate surface area is 31.1 Å². The lowest BCUT2D eigenvalue weighted by Crippen LogP contribution is -1.91. The van der Waals surface area contributed by atoms with Crippen LogP contribution in [0.1, 0.15) is 6.92 Å². The van der Waals surface area contributed by atoms with Gasteiger partial charge >= 0.3 is 0 Å². The molecule has 0 rings (SSSR count). The Morgan fingerprint density at radius 2 is 2.25 bits per heavy atom. The Morgan fingerprint density at radius 3 is 2.25 bits per heavy atom. The van der Waals surface area contributed by atoms with E-state index in [0.29, 0.717) is 0 Å². The van der Waals surface area contributed by atoms with E-state index in [1.165, 1.54) is 0 Å². The Bertz CT molecular complexity index is 8.00. The van der Waals surface area contributed by atoms with Crippen molar-refractivity contribution in [3.8, 4) is 0 Å². The smallest absolute Gasteiger partial charge is 0.00793 e. The average molecular weight is 79.5 g/mol. The molecule has 0 radical (unpaired) electrons. The third-order valence-corrected chi connectivity index (χ3v) is 0.401. The van der Waals surface area contributed by atoms with E-state index in [0.717, 1.165) is 6.54 Å². The van der Waals surface area contributed by atoms with Gasteiger partial charge in [-0.25, -0.2) is 4.84 Å². The molecule has 0 bridgehead atoms.